The topological polar surface area (TPSA) is 58.4 Å². The maximum atomic E-state index is 12.2. The first-order valence-electron chi connectivity index (χ1n) is 7.32. The number of nitrogens with zero attached hydrogens (tertiary/aromatic N) is 1. The van der Waals surface area contributed by atoms with Crippen LogP contribution in [0.2, 0.25) is 0 Å². The van der Waals surface area contributed by atoms with Gasteiger partial charge in [-0.25, -0.2) is 0 Å². The number of amides is 1. The molecule has 21 heavy (non-hydrogen) atoms. The Hall–Kier alpha value is -1.10. The van der Waals surface area contributed by atoms with Crippen LogP contribution in [0, 0.1) is 5.92 Å². The first-order valence-corrected chi connectivity index (χ1v) is 7.32. The van der Waals surface area contributed by atoms with Gasteiger partial charge in [-0.3, -0.25) is 9.69 Å². The Morgan fingerprint density at radius 2 is 1.95 bits per heavy atom. The van der Waals surface area contributed by atoms with E-state index < -0.39 is 6.04 Å². The summed E-state index contributed by atoms with van der Waals surface area (Å²) in [6.45, 7) is 4.93. The third-order valence-corrected chi connectivity index (χ3v) is 4.14. The zero-order chi connectivity index (χ0) is 14.7. The SMILES string of the molecule is CC(C)[C@H](N)C(=O)NC1CCN(C)C1c1ccccc1.Cl. The van der Waals surface area contributed by atoms with Crippen molar-refractivity contribution in [3.63, 3.8) is 0 Å². The van der Waals surface area contributed by atoms with Crippen LogP contribution in [0.25, 0.3) is 0 Å². The van der Waals surface area contributed by atoms with E-state index in [4.69, 9.17) is 5.73 Å². The summed E-state index contributed by atoms with van der Waals surface area (Å²) >= 11 is 0. The first kappa shape index (κ1) is 18.0. The summed E-state index contributed by atoms with van der Waals surface area (Å²) in [6.07, 6.45) is 0.965. The molecule has 3 N–H and O–H groups in total. The molecule has 1 aliphatic heterocycles. The van der Waals surface area contributed by atoms with E-state index in [-0.39, 0.29) is 36.3 Å². The van der Waals surface area contributed by atoms with Gasteiger partial charge in [0.1, 0.15) is 0 Å². The van der Waals surface area contributed by atoms with E-state index >= 15 is 0 Å². The van der Waals surface area contributed by atoms with Crippen molar-refractivity contribution in [3.05, 3.63) is 35.9 Å². The van der Waals surface area contributed by atoms with Gasteiger partial charge in [-0.05, 0) is 24.9 Å². The molecule has 2 unspecified atom stereocenters. The average Bonchev–Trinajstić information content (AvgIpc) is 2.79. The van der Waals surface area contributed by atoms with E-state index in [1.807, 2.05) is 32.0 Å². The fraction of sp³-hybridized carbons (Fsp3) is 0.562. The van der Waals surface area contributed by atoms with Gasteiger partial charge in [0.2, 0.25) is 5.91 Å². The maximum Gasteiger partial charge on any atom is 0.237 e. The molecule has 0 bridgehead atoms. The highest BCUT2D eigenvalue weighted by Gasteiger charge is 2.34. The summed E-state index contributed by atoms with van der Waals surface area (Å²) in [5, 5.41) is 3.13. The molecule has 2 rings (SSSR count). The zero-order valence-corrected chi connectivity index (χ0v) is 13.8. The molecule has 0 spiro atoms. The van der Waals surface area contributed by atoms with Gasteiger partial charge in [0, 0.05) is 12.6 Å². The smallest absolute Gasteiger partial charge is 0.237 e. The highest BCUT2D eigenvalue weighted by molar-refractivity contribution is 5.85. The summed E-state index contributed by atoms with van der Waals surface area (Å²) in [7, 11) is 2.10. The van der Waals surface area contributed by atoms with Crippen molar-refractivity contribution < 1.29 is 4.79 Å². The summed E-state index contributed by atoms with van der Waals surface area (Å²) in [4.78, 5) is 14.5. The van der Waals surface area contributed by atoms with Gasteiger partial charge in [0.05, 0.1) is 12.1 Å². The number of carbonyl (C=O) groups excluding carboxylic acids is 1. The Morgan fingerprint density at radius 1 is 1.33 bits per heavy atom. The monoisotopic (exact) mass is 311 g/mol. The predicted molar refractivity (Wildman–Crippen MR) is 88.4 cm³/mol. The second-order valence-corrected chi connectivity index (χ2v) is 6.01. The number of hydrogen-bond donors (Lipinski definition) is 2. The number of benzene rings is 1. The number of likely N-dealkylation sites (N-methyl/N-ethyl adjacent to an activating group) is 1. The summed E-state index contributed by atoms with van der Waals surface area (Å²) < 4.78 is 0. The molecule has 1 aliphatic rings. The van der Waals surface area contributed by atoms with Gasteiger partial charge in [-0.2, -0.15) is 0 Å². The second kappa shape index (κ2) is 7.78. The quantitative estimate of drug-likeness (QED) is 0.893. The van der Waals surface area contributed by atoms with Crippen LogP contribution in [0.5, 0.6) is 0 Å². The largest absolute Gasteiger partial charge is 0.350 e. The number of nitrogens with one attached hydrogen (secondary N) is 1. The maximum absolute atomic E-state index is 12.2. The van der Waals surface area contributed by atoms with Crippen molar-refractivity contribution in [2.24, 2.45) is 11.7 Å². The Labute approximate surface area is 133 Å². The van der Waals surface area contributed by atoms with Crippen molar-refractivity contribution >= 4 is 18.3 Å². The number of rotatable bonds is 4. The lowest BCUT2D eigenvalue weighted by Crippen LogP contribution is -2.49. The third-order valence-electron chi connectivity index (χ3n) is 4.14. The van der Waals surface area contributed by atoms with Crippen LogP contribution < -0.4 is 11.1 Å². The van der Waals surface area contributed by atoms with E-state index in [0.717, 1.165) is 13.0 Å². The Kier molecular flexibility index (Phi) is 6.65. The number of nitrogens with two attached hydrogens (primary N) is 1. The predicted octanol–water partition coefficient (Wildman–Crippen LogP) is 1.95. The highest BCUT2D eigenvalue weighted by Crippen LogP contribution is 2.30. The molecule has 1 aromatic rings. The zero-order valence-electron chi connectivity index (χ0n) is 13.0. The molecule has 118 valence electrons. The van der Waals surface area contributed by atoms with Crippen molar-refractivity contribution in [2.45, 2.75) is 38.4 Å². The molecule has 0 radical (unpaired) electrons. The number of hydrogen-bond acceptors (Lipinski definition) is 3. The van der Waals surface area contributed by atoms with Crippen LogP contribution in [0.4, 0.5) is 0 Å². The fourth-order valence-corrected chi connectivity index (χ4v) is 2.82. The lowest BCUT2D eigenvalue weighted by atomic mass is 9.98. The summed E-state index contributed by atoms with van der Waals surface area (Å²) in [5.74, 6) is 0.116. The van der Waals surface area contributed by atoms with Crippen LogP contribution in [-0.4, -0.2) is 36.5 Å². The number of carbonyl (C=O) groups is 1. The van der Waals surface area contributed by atoms with Crippen LogP contribution >= 0.6 is 12.4 Å². The van der Waals surface area contributed by atoms with Crippen LogP contribution in [0.3, 0.4) is 0 Å². The molecule has 4 nitrogen and oxygen atoms in total. The minimum atomic E-state index is -0.433. The van der Waals surface area contributed by atoms with E-state index in [2.05, 4.69) is 29.4 Å². The molecular weight excluding hydrogens is 286 g/mol. The molecule has 1 fully saturated rings. The lowest BCUT2D eigenvalue weighted by Gasteiger charge is -2.27. The Bertz CT molecular complexity index is 452. The van der Waals surface area contributed by atoms with Crippen LogP contribution in [0.15, 0.2) is 30.3 Å². The second-order valence-electron chi connectivity index (χ2n) is 6.01. The average molecular weight is 312 g/mol. The van der Waals surface area contributed by atoms with E-state index in [1.54, 1.807) is 0 Å². The van der Waals surface area contributed by atoms with Crippen LogP contribution in [-0.2, 0) is 4.79 Å². The minimum Gasteiger partial charge on any atom is -0.350 e. The standard InChI is InChI=1S/C16H25N3O.ClH/c1-11(2)14(17)16(20)18-13-9-10-19(3)15(13)12-7-5-4-6-8-12;/h4-8,11,13-15H,9-10,17H2,1-3H3,(H,18,20);1H/t13?,14-,15?;/m0./s1. The minimum absolute atomic E-state index is 0. The molecule has 1 aromatic carbocycles. The fourth-order valence-electron chi connectivity index (χ4n) is 2.82. The van der Waals surface area contributed by atoms with E-state index in [1.165, 1.54) is 5.56 Å². The number of halogens is 1. The van der Waals surface area contributed by atoms with Gasteiger partial charge in [0.15, 0.2) is 0 Å². The highest BCUT2D eigenvalue weighted by atomic mass is 35.5. The van der Waals surface area contributed by atoms with Crippen molar-refractivity contribution in [2.75, 3.05) is 13.6 Å². The number of likely N-dealkylation sites (tertiary alicyclic amines) is 1. The third kappa shape index (κ3) is 4.19. The molecule has 1 amide bonds. The normalized spacial score (nSPS) is 23.7. The molecular formula is C16H26ClN3O. The van der Waals surface area contributed by atoms with Gasteiger partial charge in [-0.15, -0.1) is 12.4 Å². The van der Waals surface area contributed by atoms with Gasteiger partial charge >= 0.3 is 0 Å². The summed E-state index contributed by atoms with van der Waals surface area (Å²) in [5.41, 5.74) is 7.18. The van der Waals surface area contributed by atoms with Crippen molar-refractivity contribution in [3.8, 4) is 0 Å². The van der Waals surface area contributed by atoms with E-state index in [0.29, 0.717) is 0 Å². The van der Waals surface area contributed by atoms with Crippen molar-refractivity contribution in [1.82, 2.24) is 10.2 Å². The molecule has 0 aliphatic carbocycles. The molecule has 1 heterocycles. The molecule has 0 aromatic heterocycles. The van der Waals surface area contributed by atoms with Gasteiger partial charge in [0.25, 0.3) is 0 Å². The van der Waals surface area contributed by atoms with Gasteiger partial charge < -0.3 is 11.1 Å². The first-order chi connectivity index (χ1) is 9.50. The molecule has 0 saturated carbocycles. The molecule has 1 saturated heterocycles. The van der Waals surface area contributed by atoms with E-state index in [9.17, 15) is 4.79 Å². The van der Waals surface area contributed by atoms with Crippen molar-refractivity contribution in [1.29, 1.82) is 0 Å². The molecule has 3 atom stereocenters. The Balaban J connectivity index is 0.00000220. The Morgan fingerprint density at radius 3 is 2.52 bits per heavy atom. The molecule has 5 heteroatoms. The summed E-state index contributed by atoms with van der Waals surface area (Å²) in [6, 6.07) is 10.3. The van der Waals surface area contributed by atoms with Crippen LogP contribution in [0.1, 0.15) is 31.9 Å². The van der Waals surface area contributed by atoms with Gasteiger partial charge in [-0.1, -0.05) is 44.2 Å². The lowest BCUT2D eigenvalue weighted by molar-refractivity contribution is -0.124.